The van der Waals surface area contributed by atoms with Crippen LogP contribution in [0.15, 0.2) is 11.8 Å². The van der Waals surface area contributed by atoms with Crippen LogP contribution < -0.4 is 5.32 Å². The van der Waals surface area contributed by atoms with E-state index in [1.165, 1.54) is 19.5 Å². The molecule has 0 bridgehead atoms. The zero-order valence-corrected chi connectivity index (χ0v) is 8.75. The second-order valence-electron chi connectivity index (χ2n) is 4.43. The molecule has 2 rings (SSSR count). The first-order valence-electron chi connectivity index (χ1n) is 5.40. The summed E-state index contributed by atoms with van der Waals surface area (Å²) in [7, 11) is 2.17. The zero-order chi connectivity index (χ0) is 9.97. The Hall–Kier alpha value is -0.830. The average Bonchev–Trinajstić information content (AvgIpc) is 2.72. The van der Waals surface area contributed by atoms with Crippen molar-refractivity contribution in [1.82, 2.24) is 10.2 Å². The molecule has 0 aromatic carbocycles. The van der Waals surface area contributed by atoms with E-state index in [1.807, 2.05) is 0 Å². The standard InChI is InChI=1S/C11H18N2O/c1-13-5-4-9(8-13)7-12-10-2-3-11(14)6-10/h6,9,12H,2-5,7-8H2,1H3. The first-order chi connectivity index (χ1) is 6.74. The number of nitrogens with zero attached hydrogens (tertiary/aromatic N) is 1. The van der Waals surface area contributed by atoms with Gasteiger partial charge in [0.2, 0.25) is 0 Å². The number of nitrogens with one attached hydrogen (secondary N) is 1. The van der Waals surface area contributed by atoms with Crippen molar-refractivity contribution in [3.8, 4) is 0 Å². The number of rotatable bonds is 3. The van der Waals surface area contributed by atoms with Crippen molar-refractivity contribution in [1.29, 1.82) is 0 Å². The van der Waals surface area contributed by atoms with E-state index < -0.39 is 0 Å². The molecule has 0 saturated carbocycles. The van der Waals surface area contributed by atoms with Gasteiger partial charge in [0.25, 0.3) is 0 Å². The summed E-state index contributed by atoms with van der Waals surface area (Å²) < 4.78 is 0. The van der Waals surface area contributed by atoms with Crippen molar-refractivity contribution in [2.24, 2.45) is 5.92 Å². The Morgan fingerprint density at radius 2 is 2.43 bits per heavy atom. The molecule has 1 unspecified atom stereocenters. The maximum absolute atomic E-state index is 11.0. The second-order valence-corrected chi connectivity index (χ2v) is 4.43. The van der Waals surface area contributed by atoms with Crippen LogP contribution in [0.3, 0.4) is 0 Å². The molecule has 2 aliphatic rings. The summed E-state index contributed by atoms with van der Waals surface area (Å²) in [6.07, 6.45) is 4.66. The van der Waals surface area contributed by atoms with Crippen LogP contribution in [0.2, 0.25) is 0 Å². The lowest BCUT2D eigenvalue weighted by Crippen LogP contribution is -2.24. The fourth-order valence-corrected chi connectivity index (χ4v) is 2.20. The van der Waals surface area contributed by atoms with E-state index in [9.17, 15) is 4.79 Å². The number of hydrogen-bond acceptors (Lipinski definition) is 3. The van der Waals surface area contributed by atoms with Crippen LogP contribution in [-0.4, -0.2) is 37.4 Å². The maximum atomic E-state index is 11.0. The molecule has 14 heavy (non-hydrogen) atoms. The van der Waals surface area contributed by atoms with E-state index in [0.717, 1.165) is 24.6 Å². The van der Waals surface area contributed by atoms with Gasteiger partial charge in [-0.15, -0.1) is 0 Å². The summed E-state index contributed by atoms with van der Waals surface area (Å²) in [6, 6.07) is 0. The zero-order valence-electron chi connectivity index (χ0n) is 8.75. The average molecular weight is 194 g/mol. The van der Waals surface area contributed by atoms with E-state index in [-0.39, 0.29) is 5.78 Å². The molecule has 0 amide bonds. The first kappa shape index (κ1) is 9.71. The van der Waals surface area contributed by atoms with Crippen molar-refractivity contribution in [3.63, 3.8) is 0 Å². The second kappa shape index (κ2) is 4.13. The van der Waals surface area contributed by atoms with Gasteiger partial charge in [0.15, 0.2) is 5.78 Å². The Morgan fingerprint density at radius 1 is 1.57 bits per heavy atom. The fraction of sp³-hybridized carbons (Fsp3) is 0.727. The lowest BCUT2D eigenvalue weighted by atomic mass is 10.1. The van der Waals surface area contributed by atoms with Gasteiger partial charge in [-0.25, -0.2) is 0 Å². The van der Waals surface area contributed by atoms with Crippen LogP contribution in [0, 0.1) is 5.92 Å². The number of hydrogen-bond donors (Lipinski definition) is 1. The molecule has 1 aliphatic carbocycles. The molecule has 1 fully saturated rings. The molecular formula is C11H18N2O. The van der Waals surface area contributed by atoms with Gasteiger partial charge < -0.3 is 10.2 Å². The van der Waals surface area contributed by atoms with Crippen LogP contribution in [0.1, 0.15) is 19.3 Å². The third-order valence-electron chi connectivity index (χ3n) is 3.08. The minimum Gasteiger partial charge on any atom is -0.388 e. The smallest absolute Gasteiger partial charge is 0.157 e. The number of carbonyl (C=O) groups is 1. The third-order valence-corrected chi connectivity index (χ3v) is 3.08. The van der Waals surface area contributed by atoms with E-state index in [1.54, 1.807) is 6.08 Å². The highest BCUT2D eigenvalue weighted by molar-refractivity contribution is 5.92. The molecule has 1 aliphatic heterocycles. The van der Waals surface area contributed by atoms with Gasteiger partial charge in [0, 0.05) is 31.3 Å². The maximum Gasteiger partial charge on any atom is 0.157 e. The molecule has 0 radical (unpaired) electrons. The van der Waals surface area contributed by atoms with Crippen molar-refractivity contribution in [3.05, 3.63) is 11.8 Å². The van der Waals surface area contributed by atoms with Crippen molar-refractivity contribution >= 4 is 5.78 Å². The molecule has 0 spiro atoms. The molecule has 1 saturated heterocycles. The van der Waals surface area contributed by atoms with Crippen LogP contribution in [0.25, 0.3) is 0 Å². The number of likely N-dealkylation sites (tertiary alicyclic amines) is 1. The predicted octanol–water partition coefficient (Wildman–Crippen LogP) is 0.774. The minimum absolute atomic E-state index is 0.274. The van der Waals surface area contributed by atoms with E-state index in [2.05, 4.69) is 17.3 Å². The number of allylic oxidation sites excluding steroid dienone is 2. The highest BCUT2D eigenvalue weighted by Crippen LogP contribution is 2.16. The largest absolute Gasteiger partial charge is 0.388 e. The molecule has 1 heterocycles. The fourth-order valence-electron chi connectivity index (χ4n) is 2.20. The summed E-state index contributed by atoms with van der Waals surface area (Å²) in [5.74, 6) is 1.03. The monoisotopic (exact) mass is 194 g/mol. The van der Waals surface area contributed by atoms with Crippen molar-refractivity contribution in [2.75, 3.05) is 26.7 Å². The Balaban J connectivity index is 1.72. The lowest BCUT2D eigenvalue weighted by Gasteiger charge is -2.12. The summed E-state index contributed by atoms with van der Waals surface area (Å²) in [6.45, 7) is 3.43. The summed E-state index contributed by atoms with van der Waals surface area (Å²) >= 11 is 0. The van der Waals surface area contributed by atoms with E-state index >= 15 is 0 Å². The van der Waals surface area contributed by atoms with Crippen molar-refractivity contribution in [2.45, 2.75) is 19.3 Å². The minimum atomic E-state index is 0.274. The molecule has 1 N–H and O–H groups in total. The molecule has 3 nitrogen and oxygen atoms in total. The van der Waals surface area contributed by atoms with Gasteiger partial charge in [-0.1, -0.05) is 0 Å². The Labute approximate surface area is 85.2 Å². The Kier molecular flexibility index (Phi) is 2.87. The quantitative estimate of drug-likeness (QED) is 0.720. The van der Waals surface area contributed by atoms with Gasteiger partial charge in [-0.2, -0.15) is 0 Å². The van der Waals surface area contributed by atoms with Gasteiger partial charge in [-0.05, 0) is 32.4 Å². The molecular weight excluding hydrogens is 176 g/mol. The lowest BCUT2D eigenvalue weighted by molar-refractivity contribution is -0.114. The SMILES string of the molecule is CN1CCC(CNC2=CC(=O)CC2)C1. The van der Waals surface area contributed by atoms with Crippen molar-refractivity contribution < 1.29 is 4.79 Å². The van der Waals surface area contributed by atoms with Gasteiger partial charge in [0.05, 0.1) is 0 Å². The summed E-state index contributed by atoms with van der Waals surface area (Å²) in [5.41, 5.74) is 1.14. The topological polar surface area (TPSA) is 32.3 Å². The first-order valence-corrected chi connectivity index (χ1v) is 5.40. The third kappa shape index (κ3) is 2.35. The predicted molar refractivity (Wildman–Crippen MR) is 55.9 cm³/mol. The van der Waals surface area contributed by atoms with E-state index in [0.29, 0.717) is 6.42 Å². The molecule has 0 aromatic heterocycles. The van der Waals surface area contributed by atoms with Crippen LogP contribution >= 0.6 is 0 Å². The summed E-state index contributed by atoms with van der Waals surface area (Å²) in [4.78, 5) is 13.3. The van der Waals surface area contributed by atoms with Gasteiger partial charge >= 0.3 is 0 Å². The normalized spacial score (nSPS) is 28.2. The Morgan fingerprint density at radius 3 is 3.00 bits per heavy atom. The molecule has 0 aromatic rings. The molecule has 78 valence electrons. The Bertz CT molecular complexity index is 260. The van der Waals surface area contributed by atoms with Gasteiger partial charge in [-0.3, -0.25) is 4.79 Å². The van der Waals surface area contributed by atoms with Crippen LogP contribution in [0.5, 0.6) is 0 Å². The highest BCUT2D eigenvalue weighted by Gasteiger charge is 2.20. The number of carbonyl (C=O) groups excluding carboxylic acids is 1. The van der Waals surface area contributed by atoms with Gasteiger partial charge in [0.1, 0.15) is 0 Å². The van der Waals surface area contributed by atoms with Crippen LogP contribution in [0.4, 0.5) is 0 Å². The van der Waals surface area contributed by atoms with E-state index in [4.69, 9.17) is 0 Å². The van der Waals surface area contributed by atoms with Crippen LogP contribution in [-0.2, 0) is 4.79 Å². The molecule has 3 heteroatoms. The molecule has 1 atom stereocenters. The summed E-state index contributed by atoms with van der Waals surface area (Å²) in [5, 5.41) is 3.39. The number of ketones is 1. The highest BCUT2D eigenvalue weighted by atomic mass is 16.1.